The van der Waals surface area contributed by atoms with Crippen molar-refractivity contribution in [1.29, 1.82) is 0 Å². The van der Waals surface area contributed by atoms with E-state index >= 15 is 0 Å². The number of nitrogens with zero attached hydrogens (tertiary/aromatic N) is 2. The standard InChI is InChI=1S/C22H14F6N2O2/c23-15-2-4-18(5-3-15)30-20-6-1-14(7-13(20)11-29-30)21(31,22(26,27)28)12-32-19-9-16(24)8-17(25)10-19/h1-11,31H,12H2. The van der Waals surface area contributed by atoms with Gasteiger partial charge in [0.25, 0.3) is 0 Å². The third-order valence-electron chi connectivity index (χ3n) is 4.87. The van der Waals surface area contributed by atoms with Gasteiger partial charge in [0, 0.05) is 23.6 Å². The third-order valence-corrected chi connectivity index (χ3v) is 4.87. The fourth-order valence-corrected chi connectivity index (χ4v) is 3.21. The molecule has 4 nitrogen and oxygen atoms in total. The molecule has 0 radical (unpaired) electrons. The summed E-state index contributed by atoms with van der Waals surface area (Å²) in [5, 5.41) is 14.9. The van der Waals surface area contributed by atoms with E-state index in [9.17, 15) is 31.4 Å². The molecule has 1 heterocycles. The minimum Gasteiger partial charge on any atom is -0.490 e. The zero-order valence-corrected chi connectivity index (χ0v) is 16.1. The summed E-state index contributed by atoms with van der Waals surface area (Å²) >= 11 is 0. The number of alkyl halides is 3. The first-order valence-electron chi connectivity index (χ1n) is 9.19. The summed E-state index contributed by atoms with van der Waals surface area (Å²) in [6.07, 6.45) is -3.87. The molecule has 0 aliphatic rings. The highest BCUT2D eigenvalue weighted by molar-refractivity contribution is 5.81. The quantitative estimate of drug-likeness (QED) is 0.420. The minimum absolute atomic E-state index is 0.270. The molecule has 0 fully saturated rings. The van der Waals surface area contributed by atoms with Gasteiger partial charge in [0.05, 0.1) is 17.4 Å². The minimum atomic E-state index is -5.17. The van der Waals surface area contributed by atoms with E-state index in [2.05, 4.69) is 5.10 Å². The molecule has 0 amide bonds. The molecule has 0 aliphatic carbocycles. The van der Waals surface area contributed by atoms with Crippen molar-refractivity contribution in [3.05, 3.63) is 89.9 Å². The first-order chi connectivity index (χ1) is 15.1. The Morgan fingerprint density at radius 2 is 1.50 bits per heavy atom. The number of ether oxygens (including phenoxy) is 1. The van der Waals surface area contributed by atoms with Crippen molar-refractivity contribution in [1.82, 2.24) is 9.78 Å². The van der Waals surface area contributed by atoms with E-state index < -0.39 is 47.1 Å². The van der Waals surface area contributed by atoms with E-state index in [1.54, 1.807) is 0 Å². The lowest BCUT2D eigenvalue weighted by molar-refractivity contribution is -0.275. The number of aliphatic hydroxyl groups is 1. The molecule has 1 N–H and O–H groups in total. The predicted molar refractivity (Wildman–Crippen MR) is 103 cm³/mol. The van der Waals surface area contributed by atoms with E-state index in [1.165, 1.54) is 41.2 Å². The molecule has 1 atom stereocenters. The molecule has 0 spiro atoms. The van der Waals surface area contributed by atoms with Crippen molar-refractivity contribution in [3.8, 4) is 11.4 Å². The highest BCUT2D eigenvalue weighted by Gasteiger charge is 2.56. The Labute approximate surface area is 177 Å². The summed E-state index contributed by atoms with van der Waals surface area (Å²) in [6, 6.07) is 10.7. The van der Waals surface area contributed by atoms with Gasteiger partial charge < -0.3 is 9.84 Å². The van der Waals surface area contributed by atoms with Crippen molar-refractivity contribution in [3.63, 3.8) is 0 Å². The van der Waals surface area contributed by atoms with Gasteiger partial charge in [0.15, 0.2) is 0 Å². The number of aromatic nitrogens is 2. The Morgan fingerprint density at radius 3 is 2.12 bits per heavy atom. The van der Waals surface area contributed by atoms with Crippen LogP contribution < -0.4 is 4.74 Å². The first-order valence-corrected chi connectivity index (χ1v) is 9.19. The second kappa shape index (κ2) is 7.86. The summed E-state index contributed by atoms with van der Waals surface area (Å²) in [5.74, 6) is -3.04. The number of rotatable bonds is 5. The SMILES string of the molecule is OC(COc1cc(F)cc(F)c1)(c1ccc2c(cnn2-c2ccc(F)cc2)c1)C(F)(F)F. The van der Waals surface area contributed by atoms with E-state index in [0.717, 1.165) is 12.1 Å². The van der Waals surface area contributed by atoms with Gasteiger partial charge in [-0.25, -0.2) is 17.9 Å². The molecular formula is C22H14F6N2O2. The average Bonchev–Trinajstić information content (AvgIpc) is 3.14. The average molecular weight is 452 g/mol. The second-order valence-electron chi connectivity index (χ2n) is 7.06. The van der Waals surface area contributed by atoms with E-state index in [-0.39, 0.29) is 5.39 Å². The molecule has 1 aromatic heterocycles. The number of fused-ring (bicyclic) bond motifs is 1. The molecule has 4 aromatic rings. The van der Waals surface area contributed by atoms with E-state index in [1.807, 2.05) is 0 Å². The summed E-state index contributed by atoms with van der Waals surface area (Å²) in [7, 11) is 0. The Bertz CT molecular complexity index is 1250. The Kier molecular flexibility index (Phi) is 5.33. The highest BCUT2D eigenvalue weighted by atomic mass is 19.4. The fourth-order valence-electron chi connectivity index (χ4n) is 3.21. The number of halogens is 6. The van der Waals surface area contributed by atoms with Crippen molar-refractivity contribution in [2.45, 2.75) is 11.8 Å². The lowest BCUT2D eigenvalue weighted by Gasteiger charge is -2.30. The van der Waals surface area contributed by atoms with Crippen LogP contribution in [0.3, 0.4) is 0 Å². The third kappa shape index (κ3) is 4.01. The smallest absolute Gasteiger partial charge is 0.424 e. The number of hydrogen-bond acceptors (Lipinski definition) is 3. The number of benzene rings is 3. The zero-order chi connectivity index (χ0) is 23.1. The van der Waals surface area contributed by atoms with E-state index in [0.29, 0.717) is 29.4 Å². The fraction of sp³-hybridized carbons (Fsp3) is 0.136. The van der Waals surface area contributed by atoms with Gasteiger partial charge in [-0.15, -0.1) is 0 Å². The maximum Gasteiger partial charge on any atom is 0.424 e. The molecule has 0 bridgehead atoms. The van der Waals surface area contributed by atoms with Crippen LogP contribution in [0.5, 0.6) is 5.75 Å². The Hall–Kier alpha value is -3.53. The monoisotopic (exact) mass is 452 g/mol. The zero-order valence-electron chi connectivity index (χ0n) is 16.1. The van der Waals surface area contributed by atoms with Crippen LogP contribution in [0, 0.1) is 17.5 Å². The molecule has 32 heavy (non-hydrogen) atoms. The first kappa shape index (κ1) is 21.7. The summed E-state index contributed by atoms with van der Waals surface area (Å²) in [6.45, 7) is -1.34. The summed E-state index contributed by atoms with van der Waals surface area (Å²) < 4.78 is 87.6. The molecule has 3 aromatic carbocycles. The molecule has 10 heteroatoms. The van der Waals surface area contributed by atoms with Crippen molar-refractivity contribution in [2.75, 3.05) is 6.61 Å². The van der Waals surface area contributed by atoms with Gasteiger partial charge >= 0.3 is 6.18 Å². The van der Waals surface area contributed by atoms with Gasteiger partial charge in [-0.1, -0.05) is 6.07 Å². The predicted octanol–water partition coefficient (Wildman–Crippen LogP) is 5.27. The maximum absolute atomic E-state index is 13.8. The van der Waals surface area contributed by atoms with Gasteiger partial charge in [0.2, 0.25) is 5.60 Å². The summed E-state index contributed by atoms with van der Waals surface area (Å²) in [5.41, 5.74) is -3.12. The van der Waals surface area contributed by atoms with Crippen LogP contribution in [0.25, 0.3) is 16.6 Å². The van der Waals surface area contributed by atoms with Crippen molar-refractivity contribution >= 4 is 10.9 Å². The molecule has 0 aliphatic heterocycles. The Morgan fingerprint density at radius 1 is 0.844 bits per heavy atom. The summed E-state index contributed by atoms with van der Waals surface area (Å²) in [4.78, 5) is 0. The molecule has 0 saturated carbocycles. The van der Waals surface area contributed by atoms with Gasteiger partial charge in [-0.05, 0) is 42.0 Å². The highest BCUT2D eigenvalue weighted by Crippen LogP contribution is 2.40. The molecule has 0 saturated heterocycles. The van der Waals surface area contributed by atoms with Crippen LogP contribution in [0.15, 0.2) is 66.9 Å². The molecule has 166 valence electrons. The molecular weight excluding hydrogens is 438 g/mol. The molecule has 1 unspecified atom stereocenters. The van der Waals surface area contributed by atoms with Crippen LogP contribution in [-0.2, 0) is 5.60 Å². The van der Waals surface area contributed by atoms with Gasteiger partial charge in [0.1, 0.15) is 29.8 Å². The normalized spacial score (nSPS) is 13.8. The van der Waals surface area contributed by atoms with Crippen molar-refractivity contribution in [2.24, 2.45) is 0 Å². The second-order valence-corrected chi connectivity index (χ2v) is 7.06. The van der Waals surface area contributed by atoms with Crippen LogP contribution in [0.1, 0.15) is 5.56 Å². The lowest BCUT2D eigenvalue weighted by Crippen LogP contribution is -2.47. The van der Waals surface area contributed by atoms with Crippen LogP contribution in [0.2, 0.25) is 0 Å². The van der Waals surface area contributed by atoms with Crippen LogP contribution in [-0.4, -0.2) is 27.7 Å². The maximum atomic E-state index is 13.8. The van der Waals surface area contributed by atoms with Gasteiger partial charge in [-0.3, -0.25) is 0 Å². The topological polar surface area (TPSA) is 47.3 Å². The number of hydrogen-bond donors (Lipinski definition) is 1. The molecule has 4 rings (SSSR count). The van der Waals surface area contributed by atoms with E-state index in [4.69, 9.17) is 4.74 Å². The largest absolute Gasteiger partial charge is 0.490 e. The Balaban J connectivity index is 1.70. The van der Waals surface area contributed by atoms with Crippen LogP contribution >= 0.6 is 0 Å². The van der Waals surface area contributed by atoms with Crippen LogP contribution in [0.4, 0.5) is 26.3 Å². The van der Waals surface area contributed by atoms with Gasteiger partial charge in [-0.2, -0.15) is 18.3 Å². The van der Waals surface area contributed by atoms with Crippen molar-refractivity contribution < 1.29 is 36.2 Å². The lowest BCUT2D eigenvalue weighted by atomic mass is 9.93.